The zero-order valence-electron chi connectivity index (χ0n) is 12.5. The van der Waals surface area contributed by atoms with Crippen LogP contribution in [0.2, 0.25) is 0 Å². The van der Waals surface area contributed by atoms with Crippen LogP contribution in [0.4, 0.5) is 0 Å². The number of aromatic nitrogens is 3. The van der Waals surface area contributed by atoms with E-state index in [4.69, 9.17) is 0 Å². The summed E-state index contributed by atoms with van der Waals surface area (Å²) in [6, 6.07) is 10.0. The van der Waals surface area contributed by atoms with Crippen LogP contribution in [-0.4, -0.2) is 25.7 Å². The van der Waals surface area contributed by atoms with Crippen molar-refractivity contribution < 1.29 is 9.90 Å². The fourth-order valence-electron chi connectivity index (χ4n) is 2.28. The molecular formula is C18H15N3O2. The number of benzene rings is 1. The Kier molecular flexibility index (Phi) is 4.01. The summed E-state index contributed by atoms with van der Waals surface area (Å²) >= 11 is 0. The van der Waals surface area contributed by atoms with E-state index in [1.807, 2.05) is 25.4 Å². The number of aromatic hydroxyl groups is 1. The van der Waals surface area contributed by atoms with E-state index >= 15 is 0 Å². The van der Waals surface area contributed by atoms with E-state index in [1.54, 1.807) is 35.3 Å². The number of allylic oxidation sites excluding steroid dienone is 1. The number of carbonyl (C=O) groups is 1. The summed E-state index contributed by atoms with van der Waals surface area (Å²) in [5.74, 6) is -0.103. The maximum absolute atomic E-state index is 12.2. The number of hydrogen-bond donors (Lipinski definition) is 1. The summed E-state index contributed by atoms with van der Waals surface area (Å²) in [5.41, 5.74) is 3.00. The van der Waals surface area contributed by atoms with Gasteiger partial charge < -0.3 is 5.11 Å². The lowest BCUT2D eigenvalue weighted by atomic mass is 10.1. The number of ketones is 1. The van der Waals surface area contributed by atoms with Crippen molar-refractivity contribution >= 4 is 11.9 Å². The Morgan fingerprint density at radius 1 is 1.22 bits per heavy atom. The molecule has 0 aliphatic rings. The van der Waals surface area contributed by atoms with Crippen molar-refractivity contribution in [3.63, 3.8) is 0 Å². The smallest absolute Gasteiger partial charge is 0.185 e. The number of pyridine rings is 1. The first-order valence-corrected chi connectivity index (χ1v) is 7.09. The van der Waals surface area contributed by atoms with Gasteiger partial charge in [-0.25, -0.2) is 0 Å². The van der Waals surface area contributed by atoms with E-state index < -0.39 is 0 Å². The number of rotatable bonds is 4. The van der Waals surface area contributed by atoms with E-state index in [1.165, 1.54) is 18.2 Å². The molecule has 0 saturated heterocycles. The molecule has 3 rings (SSSR count). The second-order valence-corrected chi connectivity index (χ2v) is 5.09. The molecule has 0 bridgehead atoms. The van der Waals surface area contributed by atoms with Crippen molar-refractivity contribution in [3.05, 3.63) is 72.2 Å². The Morgan fingerprint density at radius 3 is 2.74 bits per heavy atom. The highest BCUT2D eigenvalue weighted by Gasteiger charge is 2.09. The zero-order chi connectivity index (χ0) is 16.2. The molecule has 1 aromatic carbocycles. The highest BCUT2D eigenvalue weighted by atomic mass is 16.3. The fourth-order valence-corrected chi connectivity index (χ4v) is 2.28. The molecule has 2 heterocycles. The Morgan fingerprint density at radius 2 is 2.00 bits per heavy atom. The fraction of sp³-hybridized carbons (Fsp3) is 0.0556. The normalized spacial score (nSPS) is 11.0. The molecule has 3 aromatic rings. The Balaban J connectivity index is 1.90. The minimum atomic E-state index is -0.176. The van der Waals surface area contributed by atoms with Crippen molar-refractivity contribution in [1.29, 1.82) is 0 Å². The van der Waals surface area contributed by atoms with Gasteiger partial charge in [0.15, 0.2) is 5.78 Å². The Bertz CT molecular complexity index is 867. The molecule has 1 N–H and O–H groups in total. The largest absolute Gasteiger partial charge is 0.508 e. The van der Waals surface area contributed by atoms with Crippen LogP contribution in [-0.2, 0) is 7.05 Å². The summed E-state index contributed by atoms with van der Waals surface area (Å²) in [5, 5.41) is 13.9. The van der Waals surface area contributed by atoms with Gasteiger partial charge in [-0.2, -0.15) is 5.10 Å². The maximum atomic E-state index is 12.2. The van der Waals surface area contributed by atoms with Gasteiger partial charge in [-0.1, -0.05) is 12.1 Å². The van der Waals surface area contributed by atoms with Gasteiger partial charge in [-0.05, 0) is 36.4 Å². The molecule has 0 aliphatic carbocycles. The molecule has 0 amide bonds. The quantitative estimate of drug-likeness (QED) is 0.594. The standard InChI is InChI=1S/C18H15N3O2/c1-21-12-15(18(20-21)13-7-9-19-10-8-13)5-6-17(23)14-3-2-4-16(22)11-14/h2-12,22H,1H3/b6-5+. The first-order chi connectivity index (χ1) is 11.1. The molecule has 0 spiro atoms. The summed E-state index contributed by atoms with van der Waals surface area (Å²) in [6.07, 6.45) is 8.47. The van der Waals surface area contributed by atoms with Gasteiger partial charge in [0.05, 0.1) is 5.69 Å². The van der Waals surface area contributed by atoms with E-state index in [0.29, 0.717) is 5.56 Å². The first kappa shape index (κ1) is 14.7. The Labute approximate surface area is 133 Å². The average Bonchev–Trinajstić information content (AvgIpc) is 2.94. The molecule has 0 radical (unpaired) electrons. The van der Waals surface area contributed by atoms with Crippen molar-refractivity contribution in [3.8, 4) is 17.0 Å². The second-order valence-electron chi connectivity index (χ2n) is 5.09. The predicted octanol–water partition coefficient (Wildman–Crippen LogP) is 3.08. The number of phenols is 1. The third-order valence-corrected chi connectivity index (χ3v) is 3.36. The highest BCUT2D eigenvalue weighted by molar-refractivity contribution is 6.07. The number of hydrogen-bond acceptors (Lipinski definition) is 4. The molecular weight excluding hydrogens is 290 g/mol. The SMILES string of the molecule is Cn1cc(/C=C/C(=O)c2cccc(O)c2)c(-c2ccncc2)n1. The molecule has 0 fully saturated rings. The summed E-state index contributed by atoms with van der Waals surface area (Å²) in [7, 11) is 1.83. The minimum absolute atomic E-state index is 0.0723. The first-order valence-electron chi connectivity index (χ1n) is 7.09. The second kappa shape index (κ2) is 6.27. The molecule has 0 aliphatic heterocycles. The summed E-state index contributed by atoms with van der Waals surface area (Å²) in [4.78, 5) is 16.2. The summed E-state index contributed by atoms with van der Waals surface area (Å²) < 4.78 is 1.70. The topological polar surface area (TPSA) is 68.0 Å². The van der Waals surface area contributed by atoms with Crippen molar-refractivity contribution in [1.82, 2.24) is 14.8 Å². The average molecular weight is 305 g/mol. The number of nitrogens with zero attached hydrogens (tertiary/aromatic N) is 3. The van der Waals surface area contributed by atoms with Crippen LogP contribution in [0.5, 0.6) is 5.75 Å². The van der Waals surface area contributed by atoms with Crippen LogP contribution in [0.1, 0.15) is 15.9 Å². The molecule has 2 aromatic heterocycles. The zero-order valence-corrected chi connectivity index (χ0v) is 12.5. The Hall–Kier alpha value is -3.21. The molecule has 0 atom stereocenters. The minimum Gasteiger partial charge on any atom is -0.508 e. The van der Waals surface area contributed by atoms with E-state index in [9.17, 15) is 9.90 Å². The van der Waals surface area contributed by atoms with Gasteiger partial charge in [-0.3, -0.25) is 14.5 Å². The molecule has 0 unspecified atom stereocenters. The molecule has 5 heteroatoms. The number of carbonyl (C=O) groups excluding carboxylic acids is 1. The van der Waals surface area contributed by atoms with Crippen molar-refractivity contribution in [2.45, 2.75) is 0 Å². The molecule has 23 heavy (non-hydrogen) atoms. The third kappa shape index (κ3) is 3.35. The lowest BCUT2D eigenvalue weighted by molar-refractivity contribution is 0.104. The lowest BCUT2D eigenvalue weighted by Gasteiger charge is -1.98. The van der Waals surface area contributed by atoms with Gasteiger partial charge in [0, 0.05) is 42.3 Å². The lowest BCUT2D eigenvalue weighted by Crippen LogP contribution is -1.93. The van der Waals surface area contributed by atoms with Crippen LogP contribution in [0.3, 0.4) is 0 Å². The van der Waals surface area contributed by atoms with Crippen LogP contribution >= 0.6 is 0 Å². The van der Waals surface area contributed by atoms with Gasteiger partial charge in [0.25, 0.3) is 0 Å². The van der Waals surface area contributed by atoms with E-state index in [-0.39, 0.29) is 11.5 Å². The van der Waals surface area contributed by atoms with Gasteiger partial charge in [-0.15, -0.1) is 0 Å². The van der Waals surface area contributed by atoms with Gasteiger partial charge in [0.1, 0.15) is 5.75 Å². The third-order valence-electron chi connectivity index (χ3n) is 3.36. The number of aryl methyl sites for hydroxylation is 1. The van der Waals surface area contributed by atoms with Crippen molar-refractivity contribution in [2.75, 3.05) is 0 Å². The van der Waals surface area contributed by atoms with Crippen LogP contribution in [0.25, 0.3) is 17.3 Å². The van der Waals surface area contributed by atoms with Crippen LogP contribution < -0.4 is 0 Å². The molecule has 0 saturated carbocycles. The van der Waals surface area contributed by atoms with E-state index in [2.05, 4.69) is 10.1 Å². The monoisotopic (exact) mass is 305 g/mol. The van der Waals surface area contributed by atoms with Gasteiger partial charge in [0.2, 0.25) is 0 Å². The number of phenolic OH excluding ortho intramolecular Hbond substituents is 1. The molecule has 5 nitrogen and oxygen atoms in total. The van der Waals surface area contributed by atoms with Gasteiger partial charge >= 0.3 is 0 Å². The van der Waals surface area contributed by atoms with Crippen molar-refractivity contribution in [2.24, 2.45) is 7.05 Å². The maximum Gasteiger partial charge on any atom is 0.185 e. The summed E-state index contributed by atoms with van der Waals surface area (Å²) in [6.45, 7) is 0. The predicted molar refractivity (Wildman–Crippen MR) is 87.9 cm³/mol. The van der Waals surface area contributed by atoms with E-state index in [0.717, 1.165) is 16.8 Å². The van der Waals surface area contributed by atoms with Crippen LogP contribution in [0.15, 0.2) is 61.1 Å². The van der Waals surface area contributed by atoms with Crippen LogP contribution in [0, 0.1) is 0 Å². The molecule has 114 valence electrons. The highest BCUT2D eigenvalue weighted by Crippen LogP contribution is 2.22.